The summed E-state index contributed by atoms with van der Waals surface area (Å²) in [6.07, 6.45) is 4.18. The van der Waals surface area contributed by atoms with Crippen molar-refractivity contribution in [3.63, 3.8) is 0 Å². The summed E-state index contributed by atoms with van der Waals surface area (Å²) in [4.78, 5) is 1.48. The quantitative estimate of drug-likeness (QED) is 0.902. The maximum absolute atomic E-state index is 13.1. The predicted molar refractivity (Wildman–Crippen MR) is 88.3 cm³/mol. The van der Waals surface area contributed by atoms with Crippen molar-refractivity contribution in [1.82, 2.24) is 9.62 Å². The second-order valence-corrected chi connectivity index (χ2v) is 8.56. The molecule has 0 aromatic carbocycles. The molecule has 1 fully saturated rings. The topological polar surface area (TPSA) is 49.4 Å². The summed E-state index contributed by atoms with van der Waals surface area (Å²) in [5.41, 5.74) is 0.879. The molecule has 21 heavy (non-hydrogen) atoms. The fraction of sp³-hybridized carbons (Fsp3) is 0.733. The van der Waals surface area contributed by atoms with Gasteiger partial charge in [-0.1, -0.05) is 19.8 Å². The van der Waals surface area contributed by atoms with Gasteiger partial charge in [-0.2, -0.15) is 4.31 Å². The van der Waals surface area contributed by atoms with Crippen LogP contribution < -0.4 is 5.32 Å². The van der Waals surface area contributed by atoms with Gasteiger partial charge in [-0.15, -0.1) is 11.3 Å². The Morgan fingerprint density at radius 3 is 2.86 bits per heavy atom. The van der Waals surface area contributed by atoms with E-state index in [1.165, 1.54) is 0 Å². The van der Waals surface area contributed by atoms with Crippen LogP contribution in [0.5, 0.6) is 0 Å². The normalized spacial score (nSPS) is 21.4. The van der Waals surface area contributed by atoms with Crippen LogP contribution in [0.2, 0.25) is 0 Å². The highest BCUT2D eigenvalue weighted by Crippen LogP contribution is 2.32. The van der Waals surface area contributed by atoms with Crippen molar-refractivity contribution in [1.29, 1.82) is 0 Å². The molecule has 1 aliphatic heterocycles. The number of nitrogens with one attached hydrogen (secondary N) is 1. The van der Waals surface area contributed by atoms with Gasteiger partial charge in [-0.3, -0.25) is 0 Å². The molecule has 0 spiro atoms. The summed E-state index contributed by atoms with van der Waals surface area (Å²) in [7, 11) is -3.38. The van der Waals surface area contributed by atoms with Gasteiger partial charge in [0.15, 0.2) is 0 Å². The Bertz CT molecular complexity index is 566. The van der Waals surface area contributed by atoms with Crippen LogP contribution in [0.3, 0.4) is 0 Å². The number of thiophene rings is 1. The van der Waals surface area contributed by atoms with E-state index in [4.69, 9.17) is 0 Å². The highest BCUT2D eigenvalue weighted by Gasteiger charge is 2.33. The van der Waals surface area contributed by atoms with Crippen LogP contribution in [0.25, 0.3) is 0 Å². The summed E-state index contributed by atoms with van der Waals surface area (Å²) in [6.45, 7) is 8.10. The summed E-state index contributed by atoms with van der Waals surface area (Å²) < 4.78 is 28.0. The smallest absolute Gasteiger partial charge is 0.244 e. The van der Waals surface area contributed by atoms with E-state index in [9.17, 15) is 8.42 Å². The molecule has 1 unspecified atom stereocenters. The van der Waals surface area contributed by atoms with Crippen molar-refractivity contribution in [2.75, 3.05) is 13.1 Å². The molecule has 1 atom stereocenters. The van der Waals surface area contributed by atoms with Crippen molar-refractivity contribution >= 4 is 21.4 Å². The minimum atomic E-state index is -3.38. The van der Waals surface area contributed by atoms with Crippen LogP contribution in [-0.4, -0.2) is 31.9 Å². The first kappa shape index (κ1) is 16.9. The molecule has 1 aromatic rings. The second-order valence-electron chi connectivity index (χ2n) is 5.77. The van der Waals surface area contributed by atoms with E-state index in [2.05, 4.69) is 5.32 Å². The van der Waals surface area contributed by atoms with Gasteiger partial charge in [0.2, 0.25) is 10.0 Å². The molecule has 2 rings (SSSR count). The highest BCUT2D eigenvalue weighted by atomic mass is 32.2. The highest BCUT2D eigenvalue weighted by molar-refractivity contribution is 7.89. The third-order valence-electron chi connectivity index (χ3n) is 4.08. The largest absolute Gasteiger partial charge is 0.312 e. The minimum absolute atomic E-state index is 0.101. The molecule has 4 nitrogen and oxygen atoms in total. The number of aryl methyl sites for hydroxylation is 1. The van der Waals surface area contributed by atoms with Crippen LogP contribution in [0.15, 0.2) is 10.3 Å². The van der Waals surface area contributed by atoms with E-state index in [1.54, 1.807) is 15.6 Å². The fourth-order valence-electron chi connectivity index (χ4n) is 2.92. The van der Waals surface area contributed by atoms with E-state index >= 15 is 0 Å². The Balaban J connectivity index is 2.36. The van der Waals surface area contributed by atoms with E-state index in [1.807, 2.05) is 26.2 Å². The zero-order valence-electron chi connectivity index (χ0n) is 13.2. The zero-order chi connectivity index (χ0) is 15.5. The minimum Gasteiger partial charge on any atom is -0.312 e. The number of rotatable bonds is 5. The number of hydrogen-bond donors (Lipinski definition) is 1. The predicted octanol–water partition coefficient (Wildman–Crippen LogP) is 3.12. The lowest BCUT2D eigenvalue weighted by molar-refractivity contribution is 0.341. The lowest BCUT2D eigenvalue weighted by Gasteiger charge is -2.27. The van der Waals surface area contributed by atoms with Crippen LogP contribution >= 0.6 is 11.3 Å². The van der Waals surface area contributed by atoms with Crippen molar-refractivity contribution < 1.29 is 8.42 Å². The Morgan fingerprint density at radius 2 is 2.14 bits per heavy atom. The van der Waals surface area contributed by atoms with Crippen LogP contribution in [0.1, 0.15) is 50.0 Å². The van der Waals surface area contributed by atoms with Crippen molar-refractivity contribution in [2.45, 2.75) is 63.9 Å². The molecular weight excluding hydrogens is 304 g/mol. The molecule has 2 heterocycles. The van der Waals surface area contributed by atoms with Crippen LogP contribution in [0, 0.1) is 6.92 Å². The average Bonchev–Trinajstić information content (AvgIpc) is 2.66. The average molecular weight is 331 g/mol. The molecule has 6 heteroatoms. The first-order valence-electron chi connectivity index (χ1n) is 7.78. The maximum Gasteiger partial charge on any atom is 0.244 e. The zero-order valence-corrected chi connectivity index (χ0v) is 14.8. The van der Waals surface area contributed by atoms with Crippen molar-refractivity contribution in [2.24, 2.45) is 0 Å². The van der Waals surface area contributed by atoms with Gasteiger partial charge in [0.1, 0.15) is 4.90 Å². The Hall–Kier alpha value is -0.430. The molecule has 1 saturated heterocycles. The summed E-state index contributed by atoms with van der Waals surface area (Å²) >= 11 is 1.55. The van der Waals surface area contributed by atoms with Gasteiger partial charge in [-0.25, -0.2) is 8.42 Å². The third kappa shape index (κ3) is 3.67. The number of hydrogen-bond acceptors (Lipinski definition) is 4. The van der Waals surface area contributed by atoms with E-state index < -0.39 is 10.0 Å². The van der Waals surface area contributed by atoms with Gasteiger partial charge >= 0.3 is 0 Å². The number of nitrogens with zero attached hydrogens (tertiary/aromatic N) is 1. The molecule has 1 N–H and O–H groups in total. The van der Waals surface area contributed by atoms with Gasteiger partial charge in [0.05, 0.1) is 0 Å². The molecule has 0 bridgehead atoms. The van der Waals surface area contributed by atoms with Crippen LogP contribution in [-0.2, 0) is 16.6 Å². The second kappa shape index (κ2) is 7.22. The van der Waals surface area contributed by atoms with Gasteiger partial charge in [-0.05, 0) is 44.2 Å². The van der Waals surface area contributed by atoms with Gasteiger partial charge < -0.3 is 5.32 Å². The third-order valence-corrected chi connectivity index (χ3v) is 7.56. The lowest BCUT2D eigenvalue weighted by Crippen LogP contribution is -2.38. The fourth-order valence-corrected chi connectivity index (χ4v) is 6.35. The van der Waals surface area contributed by atoms with Crippen LogP contribution in [0.4, 0.5) is 0 Å². The molecule has 0 amide bonds. The summed E-state index contributed by atoms with van der Waals surface area (Å²) in [5, 5.41) is 5.20. The first-order chi connectivity index (χ1) is 9.98. The van der Waals surface area contributed by atoms with Gasteiger partial charge in [0.25, 0.3) is 0 Å². The standard InChI is InChI=1S/C15H26N2O2S2/c1-4-16-10-14-15(12(2)11-20-14)21(18,19)17-9-7-5-6-8-13(17)3/h11,13,16H,4-10H2,1-3H3. The SMILES string of the molecule is CCNCc1scc(C)c1S(=O)(=O)N1CCCCCC1C. The Morgan fingerprint density at radius 1 is 1.38 bits per heavy atom. The molecule has 0 aliphatic carbocycles. The van der Waals surface area contributed by atoms with Crippen molar-refractivity contribution in [3.05, 3.63) is 15.8 Å². The van der Waals surface area contributed by atoms with E-state index in [0.29, 0.717) is 18.0 Å². The van der Waals surface area contributed by atoms with Gasteiger partial charge in [0, 0.05) is 24.0 Å². The lowest BCUT2D eigenvalue weighted by atomic mass is 10.1. The maximum atomic E-state index is 13.1. The molecule has 1 aliphatic rings. The number of sulfonamides is 1. The van der Waals surface area contributed by atoms with E-state index in [-0.39, 0.29) is 6.04 Å². The van der Waals surface area contributed by atoms with E-state index in [0.717, 1.165) is 42.7 Å². The molecular formula is C15H26N2O2S2. The molecule has 120 valence electrons. The first-order valence-corrected chi connectivity index (χ1v) is 10.1. The molecule has 0 radical (unpaired) electrons. The monoisotopic (exact) mass is 330 g/mol. The van der Waals surface area contributed by atoms with Crippen molar-refractivity contribution in [3.8, 4) is 0 Å². The summed E-state index contributed by atoms with van der Waals surface area (Å²) in [6, 6.07) is 0.101. The Kier molecular flexibility index (Phi) is 5.82. The molecule has 1 aromatic heterocycles. The molecule has 0 saturated carbocycles. The Labute approximate surface area is 132 Å². The summed E-state index contributed by atoms with van der Waals surface area (Å²) in [5.74, 6) is 0.